The van der Waals surface area contributed by atoms with Crippen LogP contribution in [-0.4, -0.2) is 5.91 Å². The van der Waals surface area contributed by atoms with E-state index in [1.54, 1.807) is 24.5 Å². The van der Waals surface area contributed by atoms with E-state index >= 15 is 0 Å². The maximum Gasteiger partial charge on any atom is 0.248 e. The van der Waals surface area contributed by atoms with Gasteiger partial charge < -0.3 is 10.5 Å². The van der Waals surface area contributed by atoms with E-state index in [2.05, 4.69) is 0 Å². The molecular formula is C10H9NO2. The number of nitrogens with two attached hydrogens (primary N) is 1. The minimum Gasteiger partial charge on any atom is -0.465 e. The zero-order chi connectivity index (χ0) is 9.26. The number of hydrogen-bond acceptors (Lipinski definition) is 2. The van der Waals surface area contributed by atoms with E-state index in [0.29, 0.717) is 5.56 Å². The van der Waals surface area contributed by atoms with Crippen molar-refractivity contribution in [3.63, 3.8) is 0 Å². The Morgan fingerprint density at radius 2 is 2.31 bits per heavy atom. The van der Waals surface area contributed by atoms with Crippen molar-refractivity contribution in [1.82, 2.24) is 0 Å². The second-order valence-electron chi connectivity index (χ2n) is 2.88. The van der Waals surface area contributed by atoms with Crippen molar-refractivity contribution in [2.45, 2.75) is 6.42 Å². The summed E-state index contributed by atoms with van der Waals surface area (Å²) in [6.45, 7) is 0. The number of hydrogen-bond donors (Lipinski definition) is 1. The first kappa shape index (κ1) is 7.86. The summed E-state index contributed by atoms with van der Waals surface area (Å²) in [7, 11) is 0. The average molecular weight is 175 g/mol. The van der Waals surface area contributed by atoms with Gasteiger partial charge in [0.15, 0.2) is 0 Å². The Morgan fingerprint density at radius 1 is 1.46 bits per heavy atom. The second-order valence-corrected chi connectivity index (χ2v) is 2.88. The van der Waals surface area contributed by atoms with Gasteiger partial charge in [-0.25, -0.2) is 0 Å². The molecule has 1 amide bonds. The first-order valence-electron chi connectivity index (χ1n) is 4.02. The first-order chi connectivity index (χ1) is 6.27. The van der Waals surface area contributed by atoms with Crippen molar-refractivity contribution < 1.29 is 9.53 Å². The Kier molecular flexibility index (Phi) is 1.77. The molecule has 0 spiro atoms. The Morgan fingerprint density at radius 3 is 3.08 bits per heavy atom. The summed E-state index contributed by atoms with van der Waals surface area (Å²) >= 11 is 0. The molecule has 2 N–H and O–H groups in total. The smallest absolute Gasteiger partial charge is 0.248 e. The maximum atomic E-state index is 10.9. The van der Waals surface area contributed by atoms with Crippen LogP contribution in [0, 0.1) is 0 Å². The van der Waals surface area contributed by atoms with Crippen LogP contribution in [-0.2, 0) is 6.42 Å². The van der Waals surface area contributed by atoms with Crippen molar-refractivity contribution >= 4 is 5.91 Å². The molecule has 3 nitrogen and oxygen atoms in total. The summed E-state index contributed by atoms with van der Waals surface area (Å²) in [4.78, 5) is 10.9. The number of amides is 1. The predicted molar refractivity (Wildman–Crippen MR) is 48.4 cm³/mol. The van der Waals surface area contributed by atoms with Gasteiger partial charge in [0, 0.05) is 5.56 Å². The van der Waals surface area contributed by atoms with Gasteiger partial charge in [-0.3, -0.25) is 4.79 Å². The standard InChI is InChI=1S/C10H9NO2/c11-10(12)8-3-4-9-7(6-8)2-1-5-13-9/h1,3-6H,2H2,(H2,11,12). The SMILES string of the molecule is NC(=O)c1ccc2c(c1)CC=CO2. The van der Waals surface area contributed by atoms with Crippen LogP contribution < -0.4 is 10.5 Å². The number of carbonyl (C=O) groups excluding carboxylic acids is 1. The Hall–Kier alpha value is -1.77. The molecular weight excluding hydrogens is 166 g/mol. The van der Waals surface area contributed by atoms with Crippen molar-refractivity contribution in [2.75, 3.05) is 0 Å². The average Bonchev–Trinajstić information content (AvgIpc) is 2.17. The molecule has 0 saturated carbocycles. The lowest BCUT2D eigenvalue weighted by Crippen LogP contribution is -2.11. The van der Waals surface area contributed by atoms with Gasteiger partial charge in [-0.1, -0.05) is 0 Å². The van der Waals surface area contributed by atoms with E-state index in [1.165, 1.54) is 0 Å². The van der Waals surface area contributed by atoms with Gasteiger partial charge >= 0.3 is 0 Å². The second kappa shape index (κ2) is 2.94. The van der Waals surface area contributed by atoms with Gasteiger partial charge in [-0.15, -0.1) is 0 Å². The molecule has 0 bridgehead atoms. The summed E-state index contributed by atoms with van der Waals surface area (Å²) in [5, 5.41) is 0. The summed E-state index contributed by atoms with van der Waals surface area (Å²) in [6.07, 6.45) is 4.33. The fraction of sp³-hybridized carbons (Fsp3) is 0.100. The minimum atomic E-state index is -0.405. The lowest BCUT2D eigenvalue weighted by atomic mass is 10.1. The highest BCUT2D eigenvalue weighted by Gasteiger charge is 2.08. The molecule has 1 aromatic carbocycles. The van der Waals surface area contributed by atoms with Gasteiger partial charge in [0.1, 0.15) is 5.75 Å². The van der Waals surface area contributed by atoms with E-state index in [9.17, 15) is 4.79 Å². The Bertz CT molecular complexity index is 383. The number of ether oxygens (including phenoxy) is 1. The van der Waals surface area contributed by atoms with Crippen LogP contribution >= 0.6 is 0 Å². The summed E-state index contributed by atoms with van der Waals surface area (Å²) in [5.41, 5.74) is 6.67. The Labute approximate surface area is 75.8 Å². The third kappa shape index (κ3) is 1.40. The van der Waals surface area contributed by atoms with Gasteiger partial charge in [-0.05, 0) is 36.3 Å². The van der Waals surface area contributed by atoms with Crippen molar-refractivity contribution in [3.05, 3.63) is 41.7 Å². The van der Waals surface area contributed by atoms with E-state index < -0.39 is 5.91 Å². The quantitative estimate of drug-likeness (QED) is 0.698. The van der Waals surface area contributed by atoms with Crippen LogP contribution in [0.2, 0.25) is 0 Å². The number of carbonyl (C=O) groups is 1. The van der Waals surface area contributed by atoms with Gasteiger partial charge in [0.25, 0.3) is 0 Å². The third-order valence-corrected chi connectivity index (χ3v) is 1.97. The lowest BCUT2D eigenvalue weighted by molar-refractivity contribution is 0.1000. The van der Waals surface area contributed by atoms with Crippen LogP contribution in [0.5, 0.6) is 5.75 Å². The zero-order valence-corrected chi connectivity index (χ0v) is 6.99. The molecule has 2 rings (SSSR count). The van der Waals surface area contributed by atoms with Crippen LogP contribution in [0.3, 0.4) is 0 Å². The normalized spacial score (nSPS) is 13.2. The number of benzene rings is 1. The molecule has 0 saturated heterocycles. The van der Waals surface area contributed by atoms with Crippen molar-refractivity contribution in [3.8, 4) is 5.75 Å². The highest BCUT2D eigenvalue weighted by atomic mass is 16.5. The zero-order valence-electron chi connectivity index (χ0n) is 6.99. The molecule has 0 aliphatic carbocycles. The molecule has 1 heterocycles. The van der Waals surface area contributed by atoms with Gasteiger partial charge in [-0.2, -0.15) is 0 Å². The van der Waals surface area contributed by atoms with Crippen molar-refractivity contribution in [1.29, 1.82) is 0 Å². The molecule has 0 fully saturated rings. The molecule has 13 heavy (non-hydrogen) atoms. The lowest BCUT2D eigenvalue weighted by Gasteiger charge is -2.11. The minimum absolute atomic E-state index is 0.405. The fourth-order valence-electron chi connectivity index (χ4n) is 1.30. The van der Waals surface area contributed by atoms with Gasteiger partial charge in [0.2, 0.25) is 5.91 Å². The van der Waals surface area contributed by atoms with Gasteiger partial charge in [0.05, 0.1) is 6.26 Å². The van der Waals surface area contributed by atoms with E-state index in [4.69, 9.17) is 10.5 Å². The number of rotatable bonds is 1. The topological polar surface area (TPSA) is 52.3 Å². The number of fused-ring (bicyclic) bond motifs is 1. The van der Waals surface area contributed by atoms with Crippen LogP contribution in [0.15, 0.2) is 30.5 Å². The summed E-state index contributed by atoms with van der Waals surface area (Å²) in [5.74, 6) is 0.393. The monoisotopic (exact) mass is 175 g/mol. The molecule has 1 aliphatic heterocycles. The molecule has 1 aliphatic rings. The van der Waals surface area contributed by atoms with E-state index in [1.807, 2.05) is 6.08 Å². The molecule has 0 radical (unpaired) electrons. The summed E-state index contributed by atoms with van der Waals surface area (Å²) in [6, 6.07) is 5.19. The highest BCUT2D eigenvalue weighted by molar-refractivity contribution is 5.93. The van der Waals surface area contributed by atoms with Crippen LogP contribution in [0.4, 0.5) is 0 Å². The molecule has 0 unspecified atom stereocenters. The van der Waals surface area contributed by atoms with Crippen LogP contribution in [0.1, 0.15) is 15.9 Å². The molecule has 1 aromatic rings. The van der Waals surface area contributed by atoms with Crippen molar-refractivity contribution in [2.24, 2.45) is 5.73 Å². The molecule has 0 atom stereocenters. The number of allylic oxidation sites excluding steroid dienone is 1. The molecule has 3 heteroatoms. The first-order valence-corrected chi connectivity index (χ1v) is 4.02. The Balaban J connectivity index is 2.44. The van der Waals surface area contributed by atoms with Crippen LogP contribution in [0.25, 0.3) is 0 Å². The maximum absolute atomic E-state index is 10.9. The largest absolute Gasteiger partial charge is 0.465 e. The van der Waals surface area contributed by atoms with E-state index in [0.717, 1.165) is 17.7 Å². The highest BCUT2D eigenvalue weighted by Crippen LogP contribution is 2.23. The van der Waals surface area contributed by atoms with E-state index in [-0.39, 0.29) is 0 Å². The predicted octanol–water partition coefficient (Wildman–Crippen LogP) is 1.23. The molecule has 0 aromatic heterocycles. The number of primary amides is 1. The third-order valence-electron chi connectivity index (χ3n) is 1.97. The molecule has 66 valence electrons. The summed E-state index contributed by atoms with van der Waals surface area (Å²) < 4.78 is 5.23. The fourth-order valence-corrected chi connectivity index (χ4v) is 1.30.